The molecular formula is C16H18ClN3O3. The first-order valence-electron chi connectivity index (χ1n) is 7.52. The number of nitrogens with zero attached hydrogens (tertiary/aromatic N) is 1. The first kappa shape index (κ1) is 15.8. The molecule has 1 aromatic carbocycles. The number of halogens is 1. The molecule has 23 heavy (non-hydrogen) atoms. The molecule has 0 bridgehead atoms. The van der Waals surface area contributed by atoms with Gasteiger partial charge in [0.2, 0.25) is 5.91 Å². The minimum absolute atomic E-state index is 0.169. The lowest BCUT2D eigenvalue weighted by Gasteiger charge is -2.20. The number of amides is 4. The van der Waals surface area contributed by atoms with Crippen LogP contribution >= 0.6 is 11.6 Å². The van der Waals surface area contributed by atoms with Crippen molar-refractivity contribution in [2.75, 3.05) is 11.9 Å². The molecule has 122 valence electrons. The molecule has 3 rings (SSSR count). The lowest BCUT2D eigenvalue weighted by Crippen LogP contribution is -2.46. The average Bonchev–Trinajstić information content (AvgIpc) is 3.30. The molecule has 1 aromatic rings. The second-order valence-corrected chi connectivity index (χ2v) is 6.67. The Balaban J connectivity index is 1.69. The maximum Gasteiger partial charge on any atom is 0.325 e. The standard InChI is InChI=1S/C16H18ClN3O3/c1-9-11(17)4-3-5-12(9)18-13(21)8-20-14(22)16(2,10-6-7-10)19-15(20)23/h3-5,10H,6-8H2,1-2H3,(H,18,21)(H,19,23)/t16-/m1/s1. The molecule has 1 heterocycles. The molecule has 0 aromatic heterocycles. The predicted molar refractivity (Wildman–Crippen MR) is 86.2 cm³/mol. The van der Waals surface area contributed by atoms with Crippen molar-refractivity contribution in [1.82, 2.24) is 10.2 Å². The molecule has 0 spiro atoms. The zero-order valence-corrected chi connectivity index (χ0v) is 13.7. The van der Waals surface area contributed by atoms with Crippen molar-refractivity contribution in [3.05, 3.63) is 28.8 Å². The average molecular weight is 336 g/mol. The Labute approximate surface area is 139 Å². The van der Waals surface area contributed by atoms with Crippen LogP contribution in [0, 0.1) is 12.8 Å². The van der Waals surface area contributed by atoms with Crippen molar-refractivity contribution in [3.63, 3.8) is 0 Å². The summed E-state index contributed by atoms with van der Waals surface area (Å²) in [5.41, 5.74) is 0.436. The van der Waals surface area contributed by atoms with E-state index >= 15 is 0 Å². The quantitative estimate of drug-likeness (QED) is 0.829. The number of nitrogens with one attached hydrogen (secondary N) is 2. The second-order valence-electron chi connectivity index (χ2n) is 6.26. The van der Waals surface area contributed by atoms with Crippen molar-refractivity contribution in [2.24, 2.45) is 5.92 Å². The van der Waals surface area contributed by atoms with Gasteiger partial charge >= 0.3 is 6.03 Å². The van der Waals surface area contributed by atoms with E-state index in [0.29, 0.717) is 10.7 Å². The summed E-state index contributed by atoms with van der Waals surface area (Å²) in [6.07, 6.45) is 1.84. The number of urea groups is 1. The van der Waals surface area contributed by atoms with Gasteiger partial charge in [0, 0.05) is 10.7 Å². The number of benzene rings is 1. The SMILES string of the molecule is Cc1c(Cl)cccc1NC(=O)CN1C(=O)N[C@](C)(C2CC2)C1=O. The van der Waals surface area contributed by atoms with Gasteiger partial charge in [-0.1, -0.05) is 17.7 Å². The van der Waals surface area contributed by atoms with Gasteiger partial charge in [0.1, 0.15) is 12.1 Å². The van der Waals surface area contributed by atoms with E-state index < -0.39 is 17.5 Å². The summed E-state index contributed by atoms with van der Waals surface area (Å²) in [6, 6.07) is 4.66. The summed E-state index contributed by atoms with van der Waals surface area (Å²) < 4.78 is 0. The number of hydrogen-bond acceptors (Lipinski definition) is 3. The van der Waals surface area contributed by atoms with Crippen molar-refractivity contribution in [3.8, 4) is 0 Å². The third kappa shape index (κ3) is 2.79. The first-order valence-corrected chi connectivity index (χ1v) is 7.90. The van der Waals surface area contributed by atoms with Crippen molar-refractivity contribution in [1.29, 1.82) is 0 Å². The molecule has 1 saturated carbocycles. The molecule has 6 nitrogen and oxygen atoms in total. The Morgan fingerprint density at radius 3 is 2.78 bits per heavy atom. The first-order chi connectivity index (χ1) is 10.8. The van der Waals surface area contributed by atoms with Gasteiger partial charge in [0.15, 0.2) is 0 Å². The lowest BCUT2D eigenvalue weighted by atomic mass is 9.96. The highest BCUT2D eigenvalue weighted by Gasteiger charge is 2.56. The van der Waals surface area contributed by atoms with E-state index in [9.17, 15) is 14.4 Å². The van der Waals surface area contributed by atoms with Crippen LogP contribution in [0.1, 0.15) is 25.3 Å². The van der Waals surface area contributed by atoms with Crippen LogP contribution in [-0.4, -0.2) is 34.8 Å². The van der Waals surface area contributed by atoms with Gasteiger partial charge in [0.05, 0.1) is 0 Å². The van der Waals surface area contributed by atoms with Gasteiger partial charge in [-0.15, -0.1) is 0 Å². The summed E-state index contributed by atoms with van der Waals surface area (Å²) in [4.78, 5) is 37.7. The highest BCUT2D eigenvalue weighted by atomic mass is 35.5. The van der Waals surface area contributed by atoms with Gasteiger partial charge in [-0.2, -0.15) is 0 Å². The Kier molecular flexibility index (Phi) is 3.80. The van der Waals surface area contributed by atoms with E-state index in [-0.39, 0.29) is 18.4 Å². The molecule has 1 saturated heterocycles. The third-order valence-electron chi connectivity index (χ3n) is 4.54. The molecule has 0 unspecified atom stereocenters. The Morgan fingerprint density at radius 1 is 1.43 bits per heavy atom. The van der Waals surface area contributed by atoms with E-state index in [1.54, 1.807) is 32.0 Å². The minimum Gasteiger partial charge on any atom is -0.324 e. The van der Waals surface area contributed by atoms with Crippen LogP contribution in [0.3, 0.4) is 0 Å². The molecule has 1 aliphatic carbocycles. The number of carbonyl (C=O) groups excluding carboxylic acids is 3. The van der Waals surface area contributed by atoms with Crippen LogP contribution in [0.25, 0.3) is 0 Å². The number of carbonyl (C=O) groups is 3. The molecule has 1 aliphatic heterocycles. The van der Waals surface area contributed by atoms with Crippen LogP contribution in [0.5, 0.6) is 0 Å². The summed E-state index contributed by atoms with van der Waals surface area (Å²) in [7, 11) is 0. The highest BCUT2D eigenvalue weighted by molar-refractivity contribution is 6.31. The van der Waals surface area contributed by atoms with E-state index in [1.807, 2.05) is 0 Å². The number of hydrogen-bond donors (Lipinski definition) is 2. The minimum atomic E-state index is -0.872. The van der Waals surface area contributed by atoms with Gasteiger partial charge in [-0.05, 0) is 50.3 Å². The summed E-state index contributed by atoms with van der Waals surface area (Å²) in [5, 5.41) is 5.95. The van der Waals surface area contributed by atoms with E-state index in [1.165, 1.54) is 0 Å². The van der Waals surface area contributed by atoms with E-state index in [2.05, 4.69) is 10.6 Å². The van der Waals surface area contributed by atoms with Crippen LogP contribution in [-0.2, 0) is 9.59 Å². The monoisotopic (exact) mass is 335 g/mol. The van der Waals surface area contributed by atoms with Crippen LogP contribution in [0.15, 0.2) is 18.2 Å². The summed E-state index contributed by atoms with van der Waals surface area (Å²) in [6.45, 7) is 3.21. The van der Waals surface area contributed by atoms with Gasteiger partial charge in [-0.25, -0.2) is 4.79 Å². The molecule has 7 heteroatoms. The molecule has 4 amide bonds. The summed E-state index contributed by atoms with van der Waals surface area (Å²) >= 11 is 6.01. The van der Waals surface area contributed by atoms with E-state index in [0.717, 1.165) is 23.3 Å². The largest absolute Gasteiger partial charge is 0.325 e. The van der Waals surface area contributed by atoms with Crippen molar-refractivity contribution in [2.45, 2.75) is 32.2 Å². The zero-order chi connectivity index (χ0) is 16.8. The van der Waals surface area contributed by atoms with Crippen LogP contribution in [0.4, 0.5) is 10.5 Å². The maximum absolute atomic E-state index is 12.5. The Morgan fingerprint density at radius 2 is 2.13 bits per heavy atom. The van der Waals surface area contributed by atoms with Crippen LogP contribution < -0.4 is 10.6 Å². The lowest BCUT2D eigenvalue weighted by molar-refractivity contribution is -0.134. The topological polar surface area (TPSA) is 78.5 Å². The number of rotatable bonds is 4. The zero-order valence-electron chi connectivity index (χ0n) is 13.0. The fourth-order valence-electron chi connectivity index (χ4n) is 2.87. The van der Waals surface area contributed by atoms with Crippen molar-refractivity contribution >= 4 is 35.1 Å². The fraction of sp³-hybridized carbons (Fsp3) is 0.438. The molecule has 2 N–H and O–H groups in total. The van der Waals surface area contributed by atoms with Gasteiger partial charge in [-0.3, -0.25) is 14.5 Å². The molecular weight excluding hydrogens is 318 g/mol. The summed E-state index contributed by atoms with van der Waals surface area (Å²) in [5.74, 6) is -0.593. The molecule has 1 atom stereocenters. The van der Waals surface area contributed by atoms with Crippen LogP contribution in [0.2, 0.25) is 5.02 Å². The molecule has 2 aliphatic rings. The van der Waals surface area contributed by atoms with E-state index in [4.69, 9.17) is 11.6 Å². The normalized spacial score (nSPS) is 23.9. The number of imide groups is 1. The Bertz CT molecular complexity index is 702. The fourth-order valence-corrected chi connectivity index (χ4v) is 3.05. The third-order valence-corrected chi connectivity index (χ3v) is 4.95. The van der Waals surface area contributed by atoms with Gasteiger partial charge in [0.25, 0.3) is 5.91 Å². The smallest absolute Gasteiger partial charge is 0.324 e. The maximum atomic E-state index is 12.5. The Hall–Kier alpha value is -2.08. The predicted octanol–water partition coefficient (Wildman–Crippen LogP) is 2.31. The molecule has 0 radical (unpaired) electrons. The second kappa shape index (κ2) is 5.53. The van der Waals surface area contributed by atoms with Gasteiger partial charge < -0.3 is 10.6 Å². The number of anilines is 1. The molecule has 2 fully saturated rings. The highest BCUT2D eigenvalue weighted by Crippen LogP contribution is 2.42. The van der Waals surface area contributed by atoms with Crippen molar-refractivity contribution < 1.29 is 14.4 Å².